The first-order chi connectivity index (χ1) is 12.4. The fourth-order valence-electron chi connectivity index (χ4n) is 3.21. The second kappa shape index (κ2) is 7.90. The van der Waals surface area contributed by atoms with Crippen molar-refractivity contribution in [2.75, 3.05) is 0 Å². The molecular weight excluding hydrogens is 336 g/mol. The van der Waals surface area contributed by atoms with E-state index in [-0.39, 0.29) is 17.3 Å². The first-order valence-corrected chi connectivity index (χ1v) is 10.6. The molecule has 0 amide bonds. The van der Waals surface area contributed by atoms with Gasteiger partial charge in [-0.1, -0.05) is 93.6 Å². The van der Waals surface area contributed by atoms with Crippen molar-refractivity contribution in [3.05, 3.63) is 90.5 Å². The predicted octanol–water partition coefficient (Wildman–Crippen LogP) is 4.03. The average molecular weight is 363 g/mol. The van der Waals surface area contributed by atoms with Gasteiger partial charge in [0.1, 0.15) is 5.75 Å². The van der Waals surface area contributed by atoms with Gasteiger partial charge < -0.3 is 9.53 Å². The van der Waals surface area contributed by atoms with Gasteiger partial charge in [-0.25, -0.2) is 0 Å². The van der Waals surface area contributed by atoms with Crippen molar-refractivity contribution in [2.45, 2.75) is 26.9 Å². The molecule has 0 aliphatic rings. The van der Waals surface area contributed by atoms with E-state index < -0.39 is 9.04 Å². The minimum atomic E-state index is -1.88. The van der Waals surface area contributed by atoms with Crippen LogP contribution in [0.1, 0.15) is 32.4 Å². The molecule has 0 bridgehead atoms. The van der Waals surface area contributed by atoms with E-state index in [9.17, 15) is 5.11 Å². The van der Waals surface area contributed by atoms with E-state index in [1.165, 1.54) is 10.4 Å². The normalized spacial score (nSPS) is 12.9. The van der Waals surface area contributed by atoms with Crippen LogP contribution in [-0.2, 0) is 4.43 Å². The van der Waals surface area contributed by atoms with E-state index >= 15 is 0 Å². The number of hydrogen-bond acceptors (Lipinski definition) is 2. The Morgan fingerprint density at radius 1 is 0.769 bits per heavy atom. The number of benzene rings is 3. The molecule has 1 unspecified atom stereocenters. The minimum Gasteiger partial charge on any atom is -0.508 e. The van der Waals surface area contributed by atoms with Crippen LogP contribution in [0, 0.1) is 5.41 Å². The lowest BCUT2D eigenvalue weighted by Crippen LogP contribution is -2.47. The third kappa shape index (κ3) is 4.42. The van der Waals surface area contributed by atoms with E-state index in [1.54, 1.807) is 6.07 Å². The Kier molecular flexibility index (Phi) is 5.60. The molecule has 0 saturated carbocycles. The summed E-state index contributed by atoms with van der Waals surface area (Å²) in [4.78, 5) is 0. The minimum absolute atomic E-state index is 0.0946. The van der Waals surface area contributed by atoms with E-state index in [4.69, 9.17) is 4.43 Å². The highest BCUT2D eigenvalue weighted by Gasteiger charge is 2.31. The second-order valence-electron chi connectivity index (χ2n) is 7.68. The van der Waals surface area contributed by atoms with E-state index in [2.05, 4.69) is 69.3 Å². The standard InChI is InChI=1S/C23H26O2Si/c1-23(2,3)22(18-11-10-12-19(24)17-18)25-26(20-13-6-4-7-14-20)21-15-8-5-9-16-21/h4-17,22,24,26H,1-3H3. The number of phenols is 1. The van der Waals surface area contributed by atoms with Crippen molar-refractivity contribution < 1.29 is 9.53 Å². The maximum atomic E-state index is 9.95. The van der Waals surface area contributed by atoms with Crippen molar-refractivity contribution in [3.63, 3.8) is 0 Å². The Labute approximate surface area is 157 Å². The molecule has 3 rings (SSSR count). The van der Waals surface area contributed by atoms with E-state index in [0.29, 0.717) is 0 Å². The molecule has 3 aromatic rings. The summed E-state index contributed by atoms with van der Waals surface area (Å²) in [5.74, 6) is 0.276. The summed E-state index contributed by atoms with van der Waals surface area (Å²) >= 11 is 0. The lowest BCUT2D eigenvalue weighted by molar-refractivity contribution is 0.0895. The maximum Gasteiger partial charge on any atom is 0.240 e. The Bertz CT molecular complexity index is 786. The van der Waals surface area contributed by atoms with Crippen LogP contribution in [0.3, 0.4) is 0 Å². The summed E-state index contributed by atoms with van der Waals surface area (Å²) in [5, 5.41) is 12.5. The number of phenolic OH excluding ortho intramolecular Hbond substituents is 1. The highest BCUT2D eigenvalue weighted by Crippen LogP contribution is 2.37. The SMILES string of the molecule is CC(C)(C)C(O[SiH](c1ccccc1)c1ccccc1)c1cccc(O)c1. The first kappa shape index (κ1) is 18.4. The van der Waals surface area contributed by atoms with Crippen LogP contribution in [0.5, 0.6) is 5.75 Å². The Morgan fingerprint density at radius 2 is 1.31 bits per heavy atom. The Balaban J connectivity index is 2.03. The molecule has 0 fully saturated rings. The zero-order valence-corrected chi connectivity index (χ0v) is 16.7. The number of hydrogen-bond donors (Lipinski definition) is 1. The van der Waals surface area contributed by atoms with Gasteiger partial charge in [0.05, 0.1) is 6.10 Å². The van der Waals surface area contributed by atoms with Gasteiger partial charge >= 0.3 is 0 Å². The lowest BCUT2D eigenvalue weighted by Gasteiger charge is -2.35. The van der Waals surface area contributed by atoms with E-state index in [1.807, 2.05) is 30.3 Å². The molecule has 3 heteroatoms. The summed E-state index contributed by atoms with van der Waals surface area (Å²) in [6, 6.07) is 28.4. The van der Waals surface area contributed by atoms with Crippen molar-refractivity contribution in [1.82, 2.24) is 0 Å². The summed E-state index contributed by atoms with van der Waals surface area (Å²) in [5.41, 5.74) is 0.921. The predicted molar refractivity (Wildman–Crippen MR) is 111 cm³/mol. The van der Waals surface area contributed by atoms with Gasteiger partial charge in [-0.2, -0.15) is 0 Å². The molecular formula is C23H26O2Si. The van der Waals surface area contributed by atoms with Gasteiger partial charge in [-0.15, -0.1) is 0 Å². The smallest absolute Gasteiger partial charge is 0.240 e. The Hall–Kier alpha value is -2.36. The van der Waals surface area contributed by atoms with Crippen molar-refractivity contribution in [1.29, 1.82) is 0 Å². The first-order valence-electron chi connectivity index (χ1n) is 8.99. The van der Waals surface area contributed by atoms with Crippen LogP contribution in [-0.4, -0.2) is 14.1 Å². The quantitative estimate of drug-likeness (QED) is 0.694. The van der Waals surface area contributed by atoms with Crippen molar-refractivity contribution in [2.24, 2.45) is 5.41 Å². The molecule has 0 aliphatic carbocycles. The van der Waals surface area contributed by atoms with Crippen molar-refractivity contribution in [3.8, 4) is 5.75 Å². The van der Waals surface area contributed by atoms with Gasteiger partial charge in [0.15, 0.2) is 0 Å². The Morgan fingerprint density at radius 3 is 1.77 bits per heavy atom. The van der Waals surface area contributed by atoms with Crippen LogP contribution >= 0.6 is 0 Å². The molecule has 0 radical (unpaired) electrons. The molecule has 26 heavy (non-hydrogen) atoms. The van der Waals surface area contributed by atoms with Gasteiger partial charge in [0, 0.05) is 0 Å². The fourth-order valence-corrected chi connectivity index (χ4v) is 5.89. The molecule has 134 valence electrons. The van der Waals surface area contributed by atoms with Crippen LogP contribution in [0.15, 0.2) is 84.9 Å². The fraction of sp³-hybridized carbons (Fsp3) is 0.217. The molecule has 0 aliphatic heterocycles. The summed E-state index contributed by atoms with van der Waals surface area (Å²) in [7, 11) is -1.88. The van der Waals surface area contributed by atoms with Crippen LogP contribution < -0.4 is 10.4 Å². The molecule has 0 saturated heterocycles. The molecule has 2 nitrogen and oxygen atoms in total. The van der Waals surface area contributed by atoms with Gasteiger partial charge in [0.25, 0.3) is 0 Å². The molecule has 0 heterocycles. The highest BCUT2D eigenvalue weighted by atomic mass is 28.3. The van der Waals surface area contributed by atoms with Crippen LogP contribution in [0.4, 0.5) is 0 Å². The van der Waals surface area contributed by atoms with Gasteiger partial charge in [0.2, 0.25) is 9.04 Å². The zero-order chi connectivity index (χ0) is 18.6. The summed E-state index contributed by atoms with van der Waals surface area (Å²) in [6.07, 6.45) is -0.105. The van der Waals surface area contributed by atoms with Gasteiger partial charge in [-0.05, 0) is 33.5 Å². The molecule has 1 atom stereocenters. The largest absolute Gasteiger partial charge is 0.508 e. The van der Waals surface area contributed by atoms with Gasteiger partial charge in [-0.3, -0.25) is 0 Å². The monoisotopic (exact) mass is 362 g/mol. The summed E-state index contributed by atoms with van der Waals surface area (Å²) in [6.45, 7) is 6.55. The second-order valence-corrected chi connectivity index (χ2v) is 10.0. The molecule has 0 aromatic heterocycles. The number of rotatable bonds is 5. The highest BCUT2D eigenvalue weighted by molar-refractivity contribution is 6.80. The van der Waals surface area contributed by atoms with Crippen molar-refractivity contribution >= 4 is 19.4 Å². The topological polar surface area (TPSA) is 29.5 Å². The maximum absolute atomic E-state index is 9.95. The third-order valence-corrected chi connectivity index (χ3v) is 6.96. The number of aromatic hydroxyl groups is 1. The zero-order valence-electron chi connectivity index (χ0n) is 15.6. The average Bonchev–Trinajstić information content (AvgIpc) is 2.63. The lowest BCUT2D eigenvalue weighted by atomic mass is 9.85. The van der Waals surface area contributed by atoms with Crippen LogP contribution in [0.25, 0.3) is 0 Å². The van der Waals surface area contributed by atoms with E-state index in [0.717, 1.165) is 5.56 Å². The van der Waals surface area contributed by atoms with Crippen LogP contribution in [0.2, 0.25) is 0 Å². The summed E-state index contributed by atoms with van der Waals surface area (Å²) < 4.78 is 6.86. The molecule has 0 spiro atoms. The third-order valence-electron chi connectivity index (χ3n) is 4.44. The molecule has 3 aromatic carbocycles. The molecule has 1 N–H and O–H groups in total.